The van der Waals surface area contributed by atoms with Crippen molar-refractivity contribution in [2.75, 3.05) is 31.1 Å². The summed E-state index contributed by atoms with van der Waals surface area (Å²) in [5, 5.41) is 2.54. The van der Waals surface area contributed by atoms with Gasteiger partial charge in [-0.05, 0) is 42.3 Å². The molecule has 1 saturated carbocycles. The summed E-state index contributed by atoms with van der Waals surface area (Å²) in [5.74, 6) is 5.64. The molecular formula is C42H39ClN8O6. The van der Waals surface area contributed by atoms with E-state index >= 15 is 0 Å². The first-order valence-electron chi connectivity index (χ1n) is 19.0. The fraction of sp³-hybridized carbons (Fsp3) is 0.429. The van der Waals surface area contributed by atoms with Gasteiger partial charge in [-0.15, -0.1) is 0 Å². The van der Waals surface area contributed by atoms with E-state index in [1.165, 1.54) is 6.20 Å². The first-order valence-corrected chi connectivity index (χ1v) is 19.4. The monoisotopic (exact) mass is 786 g/mol. The summed E-state index contributed by atoms with van der Waals surface area (Å²) in [6, 6.07) is 10.1. The van der Waals surface area contributed by atoms with E-state index in [2.05, 4.69) is 64.6 Å². The molecule has 5 aliphatic heterocycles. The quantitative estimate of drug-likeness (QED) is 0.220. The third-order valence-corrected chi connectivity index (χ3v) is 12.8. The van der Waals surface area contributed by atoms with Crippen LogP contribution in [0.3, 0.4) is 0 Å². The summed E-state index contributed by atoms with van der Waals surface area (Å²) >= 11 is 6.29. The Morgan fingerprint density at radius 2 is 1.68 bits per heavy atom. The molecule has 3 saturated heterocycles. The molecule has 0 radical (unpaired) electrons. The highest BCUT2D eigenvalue weighted by molar-refractivity contribution is 6.33. The Morgan fingerprint density at radius 1 is 0.947 bits per heavy atom. The van der Waals surface area contributed by atoms with Crippen LogP contribution >= 0.6 is 11.6 Å². The van der Waals surface area contributed by atoms with E-state index in [9.17, 15) is 24.0 Å². The lowest BCUT2D eigenvalue weighted by Gasteiger charge is -2.65. The standard InChI is InChI=1S/C42H39ClN8O6/c1-41(2)39(42(3,4)40(41)57-26-9-11-29(44-5)28(43)15-26)50-19-24-14-22(8-10-27(24)36(50)54)6-7-23-17-48(18-23)25-20-49(21-25)31-16-45-33-34(46-31)38(56)51(37(33)55)30-12-13-32(52)47-35(30)53/h8-11,14-16,23,25,30,39-40H,12-13,17-21H2,1-4H3,(H,47,52,53). The van der Waals surface area contributed by atoms with E-state index in [1.54, 1.807) is 18.2 Å². The summed E-state index contributed by atoms with van der Waals surface area (Å²) in [6.45, 7) is 19.3. The largest absolute Gasteiger partial charge is 0.489 e. The number of carbonyl (C=O) groups is 5. The van der Waals surface area contributed by atoms with E-state index in [-0.39, 0.29) is 59.0 Å². The number of hydrogen-bond acceptors (Lipinski definition) is 10. The average Bonchev–Trinajstić information content (AvgIpc) is 3.57. The van der Waals surface area contributed by atoms with E-state index in [4.69, 9.17) is 22.9 Å². The van der Waals surface area contributed by atoms with Crippen LogP contribution in [0.2, 0.25) is 5.02 Å². The first-order chi connectivity index (χ1) is 27.1. The molecule has 57 heavy (non-hydrogen) atoms. The smallest absolute Gasteiger partial charge is 0.282 e. The maximum Gasteiger partial charge on any atom is 0.282 e. The van der Waals surface area contributed by atoms with Crippen molar-refractivity contribution in [2.45, 2.75) is 71.3 Å². The second-order valence-corrected chi connectivity index (χ2v) is 17.3. The topological polar surface area (TPSA) is 150 Å². The Morgan fingerprint density at radius 3 is 2.39 bits per heavy atom. The van der Waals surface area contributed by atoms with Crippen molar-refractivity contribution in [1.82, 2.24) is 30.0 Å². The number of aromatic nitrogens is 2. The van der Waals surface area contributed by atoms with Crippen LogP contribution in [-0.4, -0.2) is 105 Å². The third-order valence-electron chi connectivity index (χ3n) is 12.5. The van der Waals surface area contributed by atoms with Gasteiger partial charge in [-0.2, -0.15) is 0 Å². The van der Waals surface area contributed by atoms with Gasteiger partial charge in [0.15, 0.2) is 11.4 Å². The second kappa shape index (κ2) is 13.1. The fourth-order valence-corrected chi connectivity index (χ4v) is 10.2. The van der Waals surface area contributed by atoms with Crippen LogP contribution in [0.1, 0.15) is 83.0 Å². The number of hydrogen-bond donors (Lipinski definition) is 1. The maximum absolute atomic E-state index is 13.8. The molecule has 5 amide bonds. The van der Waals surface area contributed by atoms with Gasteiger partial charge in [-0.3, -0.25) is 39.1 Å². The van der Waals surface area contributed by atoms with E-state index in [0.29, 0.717) is 53.5 Å². The summed E-state index contributed by atoms with van der Waals surface area (Å²) in [5.41, 5.74) is 2.08. The highest BCUT2D eigenvalue weighted by Crippen LogP contribution is 2.59. The van der Waals surface area contributed by atoms with Crippen molar-refractivity contribution in [3.05, 3.63) is 87.1 Å². The molecule has 6 heterocycles. The van der Waals surface area contributed by atoms with Gasteiger partial charge >= 0.3 is 0 Å². The van der Waals surface area contributed by atoms with Crippen molar-refractivity contribution in [1.29, 1.82) is 0 Å². The minimum absolute atomic E-state index is 0.0166. The first kappa shape index (κ1) is 36.8. The Hall–Kier alpha value is -5.83. The van der Waals surface area contributed by atoms with Crippen molar-refractivity contribution in [2.24, 2.45) is 16.7 Å². The highest BCUT2D eigenvalue weighted by atomic mass is 35.5. The van der Waals surface area contributed by atoms with Gasteiger partial charge in [0, 0.05) is 79.1 Å². The number of benzene rings is 2. The second-order valence-electron chi connectivity index (χ2n) is 16.9. The van der Waals surface area contributed by atoms with Gasteiger partial charge in [-0.25, -0.2) is 14.8 Å². The van der Waals surface area contributed by atoms with Crippen LogP contribution in [-0.2, 0) is 16.1 Å². The molecule has 0 spiro atoms. The number of carbonyl (C=O) groups excluding carboxylic acids is 5. The number of fused-ring (bicyclic) bond motifs is 2. The number of nitrogens with one attached hydrogen (secondary N) is 1. The molecule has 1 unspecified atom stereocenters. The number of amides is 5. The predicted octanol–water partition coefficient (Wildman–Crippen LogP) is 4.09. The van der Waals surface area contributed by atoms with Crippen LogP contribution in [0.15, 0.2) is 42.6 Å². The van der Waals surface area contributed by atoms with Gasteiger partial charge < -0.3 is 14.5 Å². The number of halogens is 1. The van der Waals surface area contributed by atoms with E-state index in [0.717, 1.165) is 29.1 Å². The molecule has 1 aromatic heterocycles. The van der Waals surface area contributed by atoms with E-state index in [1.807, 2.05) is 28.0 Å². The van der Waals surface area contributed by atoms with Crippen LogP contribution in [0.4, 0.5) is 11.5 Å². The van der Waals surface area contributed by atoms with Crippen LogP contribution in [0, 0.1) is 35.2 Å². The fourth-order valence-electron chi connectivity index (χ4n) is 9.96. The van der Waals surface area contributed by atoms with Crippen molar-refractivity contribution >= 4 is 52.6 Å². The lowest BCUT2D eigenvalue weighted by molar-refractivity contribution is -0.199. The molecular weight excluding hydrogens is 748 g/mol. The lowest BCUT2D eigenvalue weighted by atomic mass is 9.49. The van der Waals surface area contributed by atoms with Gasteiger partial charge in [-0.1, -0.05) is 57.2 Å². The summed E-state index contributed by atoms with van der Waals surface area (Å²) in [7, 11) is 0. The zero-order valence-corrected chi connectivity index (χ0v) is 32.6. The normalized spacial score (nSPS) is 25.1. The molecule has 9 rings (SSSR count). The van der Waals surface area contributed by atoms with Crippen molar-refractivity contribution in [3.8, 4) is 17.6 Å². The average molecular weight is 787 g/mol. The predicted molar refractivity (Wildman–Crippen MR) is 206 cm³/mol. The molecule has 1 atom stereocenters. The minimum atomic E-state index is -1.06. The highest BCUT2D eigenvalue weighted by Gasteiger charge is 2.67. The summed E-state index contributed by atoms with van der Waals surface area (Å²) in [4.78, 5) is 83.2. The number of ether oxygens (including phenoxy) is 1. The van der Waals surface area contributed by atoms with Crippen LogP contribution in [0.25, 0.3) is 4.85 Å². The van der Waals surface area contributed by atoms with Gasteiger partial charge in [0.25, 0.3) is 17.7 Å². The number of likely N-dealkylation sites (tertiary alicyclic amines) is 1. The Bertz CT molecular complexity index is 2400. The molecule has 15 heteroatoms. The molecule has 14 nitrogen and oxygen atoms in total. The molecule has 4 fully saturated rings. The number of anilines is 1. The molecule has 3 aromatic rings. The van der Waals surface area contributed by atoms with Crippen LogP contribution < -0.4 is 15.0 Å². The molecule has 2 aromatic carbocycles. The van der Waals surface area contributed by atoms with Crippen molar-refractivity contribution < 1.29 is 28.7 Å². The molecule has 1 N–H and O–H groups in total. The van der Waals surface area contributed by atoms with E-state index < -0.39 is 29.7 Å². The van der Waals surface area contributed by atoms with Gasteiger partial charge in [0.1, 0.15) is 23.7 Å². The van der Waals surface area contributed by atoms with Crippen molar-refractivity contribution in [3.63, 3.8) is 0 Å². The Balaban J connectivity index is 0.783. The number of piperidine rings is 1. The zero-order valence-electron chi connectivity index (χ0n) is 31.8. The van der Waals surface area contributed by atoms with Crippen LogP contribution in [0.5, 0.6) is 5.75 Å². The Labute approximate surface area is 334 Å². The summed E-state index contributed by atoms with van der Waals surface area (Å²) in [6.07, 6.45) is 1.42. The summed E-state index contributed by atoms with van der Waals surface area (Å²) < 4.78 is 6.46. The number of rotatable bonds is 6. The number of nitrogens with zero attached hydrogens (tertiary/aromatic N) is 7. The molecule has 6 aliphatic rings. The molecule has 290 valence electrons. The van der Waals surface area contributed by atoms with Gasteiger partial charge in [0.2, 0.25) is 17.5 Å². The third kappa shape index (κ3) is 5.84. The molecule has 0 bridgehead atoms. The van der Waals surface area contributed by atoms with Gasteiger partial charge in [0.05, 0.1) is 17.8 Å². The maximum atomic E-state index is 13.8. The number of imide groups is 2. The lowest BCUT2D eigenvalue weighted by Crippen LogP contribution is -2.74. The molecule has 1 aliphatic carbocycles. The Kier molecular flexibility index (Phi) is 8.46. The zero-order chi connectivity index (χ0) is 40.1. The minimum Gasteiger partial charge on any atom is -0.489 e. The SMILES string of the molecule is [C-]#[N+]c1ccc(OC2C(C)(C)C(N3Cc4cc(C#CC5CN(C6CN(c7cnc8c(n7)C(=O)N(C7CCC(=O)NC7=O)C8=O)C6)C5)ccc4C3=O)C2(C)C)cc1Cl.